The fraction of sp³-hybridized carbons (Fsp3) is 0.786. The number of hydrogen-bond donors (Lipinski definition) is 1. The highest BCUT2D eigenvalue weighted by atomic mass is 16.8. The zero-order valence-corrected chi connectivity index (χ0v) is 12.0. The SMILES string of the molecule is CCOC(=O)/C=C1\O[C@@H]2C[C@@]1(O)C[C@H]1[OH+]C(C)(C)O[C@@H]21. The molecule has 20 heavy (non-hydrogen) atoms. The van der Waals surface area contributed by atoms with E-state index in [0.717, 1.165) is 0 Å². The van der Waals surface area contributed by atoms with E-state index in [0.29, 0.717) is 19.4 Å². The van der Waals surface area contributed by atoms with Crippen molar-refractivity contribution in [2.24, 2.45) is 0 Å². The Hall–Kier alpha value is -1.11. The monoisotopic (exact) mass is 285 g/mol. The molecule has 2 heterocycles. The molecule has 1 aliphatic carbocycles. The number of carbonyl (C=O) groups is 1. The Kier molecular flexibility index (Phi) is 3.08. The van der Waals surface area contributed by atoms with Gasteiger partial charge in [0.1, 0.15) is 17.5 Å². The quantitative estimate of drug-likeness (QED) is 0.451. The Bertz CT molecular complexity index is 457. The highest BCUT2D eigenvalue weighted by Crippen LogP contribution is 2.49. The van der Waals surface area contributed by atoms with Crippen LogP contribution in [-0.2, 0) is 19.0 Å². The molecule has 112 valence electrons. The van der Waals surface area contributed by atoms with Crippen LogP contribution < -0.4 is 0 Å². The molecule has 2 N–H and O–H groups in total. The van der Waals surface area contributed by atoms with Crippen molar-refractivity contribution in [3.8, 4) is 0 Å². The van der Waals surface area contributed by atoms with Crippen LogP contribution >= 0.6 is 0 Å². The summed E-state index contributed by atoms with van der Waals surface area (Å²) in [6, 6.07) is 0. The van der Waals surface area contributed by atoms with Crippen LogP contribution in [0.5, 0.6) is 0 Å². The van der Waals surface area contributed by atoms with Crippen LogP contribution in [0.1, 0.15) is 33.6 Å². The minimum absolute atomic E-state index is 0.0955. The average molecular weight is 285 g/mol. The normalized spacial score (nSPS) is 43.2. The maximum atomic E-state index is 11.5. The van der Waals surface area contributed by atoms with Crippen molar-refractivity contribution in [1.82, 2.24) is 0 Å². The zero-order valence-electron chi connectivity index (χ0n) is 12.0. The Morgan fingerprint density at radius 1 is 1.55 bits per heavy atom. The van der Waals surface area contributed by atoms with E-state index in [1.165, 1.54) is 6.08 Å². The van der Waals surface area contributed by atoms with Crippen LogP contribution in [0.3, 0.4) is 0 Å². The van der Waals surface area contributed by atoms with Gasteiger partial charge < -0.3 is 19.3 Å². The topological polar surface area (TPSA) is 77.8 Å². The van der Waals surface area contributed by atoms with E-state index < -0.39 is 17.4 Å². The van der Waals surface area contributed by atoms with Gasteiger partial charge in [0.05, 0.1) is 19.1 Å². The molecule has 1 saturated carbocycles. The Morgan fingerprint density at radius 2 is 2.30 bits per heavy atom. The summed E-state index contributed by atoms with van der Waals surface area (Å²) in [4.78, 5) is 11.5. The van der Waals surface area contributed by atoms with E-state index >= 15 is 0 Å². The molecule has 0 aromatic heterocycles. The summed E-state index contributed by atoms with van der Waals surface area (Å²) in [5, 5.41) is 10.7. The smallest absolute Gasteiger partial charge is 0.334 e. The molecule has 3 rings (SSSR count). The predicted molar refractivity (Wildman–Crippen MR) is 68.7 cm³/mol. The zero-order chi connectivity index (χ0) is 14.5. The van der Waals surface area contributed by atoms with E-state index in [9.17, 15) is 9.90 Å². The number of hydrogen-bond acceptors (Lipinski definition) is 5. The van der Waals surface area contributed by atoms with Crippen molar-refractivity contribution in [2.45, 2.75) is 63.3 Å². The van der Waals surface area contributed by atoms with Crippen LogP contribution in [0, 0.1) is 0 Å². The van der Waals surface area contributed by atoms with Crippen molar-refractivity contribution in [2.75, 3.05) is 6.61 Å². The van der Waals surface area contributed by atoms with Crippen molar-refractivity contribution >= 4 is 5.97 Å². The number of carbonyl (C=O) groups excluding carboxylic acids is 1. The van der Waals surface area contributed by atoms with E-state index in [-0.39, 0.29) is 24.1 Å². The van der Waals surface area contributed by atoms with Gasteiger partial charge in [0.15, 0.2) is 12.2 Å². The summed E-state index contributed by atoms with van der Waals surface area (Å²) in [6.45, 7) is 5.83. The third-order valence-corrected chi connectivity index (χ3v) is 4.01. The van der Waals surface area contributed by atoms with Gasteiger partial charge in [-0.2, -0.15) is 0 Å². The van der Waals surface area contributed by atoms with Crippen molar-refractivity contribution in [1.29, 1.82) is 0 Å². The summed E-state index contributed by atoms with van der Waals surface area (Å²) in [6.07, 6.45) is 1.59. The van der Waals surface area contributed by atoms with Gasteiger partial charge in [-0.25, -0.2) is 4.79 Å². The van der Waals surface area contributed by atoms with Gasteiger partial charge >= 0.3 is 5.97 Å². The van der Waals surface area contributed by atoms with E-state index in [2.05, 4.69) is 4.74 Å². The molecule has 0 spiro atoms. The van der Waals surface area contributed by atoms with Crippen LogP contribution in [0.25, 0.3) is 0 Å². The maximum Gasteiger partial charge on any atom is 0.334 e. The van der Waals surface area contributed by atoms with Crippen LogP contribution in [0.15, 0.2) is 11.8 Å². The lowest BCUT2D eigenvalue weighted by atomic mass is 9.81. The molecule has 3 aliphatic rings. The molecule has 2 bridgehead atoms. The molecule has 0 amide bonds. The van der Waals surface area contributed by atoms with E-state index in [1.54, 1.807) is 6.92 Å². The molecule has 2 saturated heterocycles. The highest BCUT2D eigenvalue weighted by Gasteiger charge is 2.63. The first-order chi connectivity index (χ1) is 9.33. The van der Waals surface area contributed by atoms with Gasteiger partial charge in [-0.3, -0.25) is 4.74 Å². The van der Waals surface area contributed by atoms with Gasteiger partial charge in [0.25, 0.3) is 5.79 Å². The molecule has 6 heteroatoms. The molecule has 2 aliphatic heterocycles. The average Bonchev–Trinajstić information content (AvgIpc) is 2.75. The minimum atomic E-state index is -1.13. The van der Waals surface area contributed by atoms with Crippen molar-refractivity contribution in [3.63, 3.8) is 0 Å². The molecule has 0 unspecified atom stereocenters. The molecule has 0 radical (unpaired) electrons. The molecule has 4 atom stereocenters. The fourth-order valence-electron chi connectivity index (χ4n) is 3.32. The van der Waals surface area contributed by atoms with E-state index in [1.807, 2.05) is 13.8 Å². The minimum Gasteiger partial charge on any atom is -0.488 e. The summed E-state index contributed by atoms with van der Waals surface area (Å²) >= 11 is 0. The third kappa shape index (κ3) is 2.21. The van der Waals surface area contributed by atoms with Crippen molar-refractivity contribution < 1.29 is 28.8 Å². The fourth-order valence-corrected chi connectivity index (χ4v) is 3.32. The Labute approximate surface area is 117 Å². The van der Waals surface area contributed by atoms with Crippen molar-refractivity contribution in [3.05, 3.63) is 11.8 Å². The largest absolute Gasteiger partial charge is 0.488 e. The highest BCUT2D eigenvalue weighted by molar-refractivity contribution is 5.82. The van der Waals surface area contributed by atoms with Crippen LogP contribution in [0.2, 0.25) is 0 Å². The third-order valence-electron chi connectivity index (χ3n) is 4.01. The van der Waals surface area contributed by atoms with Gasteiger partial charge in [0.2, 0.25) is 0 Å². The lowest BCUT2D eigenvalue weighted by molar-refractivity contribution is -0.250. The second-order valence-electron chi connectivity index (χ2n) is 6.08. The van der Waals surface area contributed by atoms with Gasteiger partial charge in [-0.1, -0.05) is 0 Å². The Morgan fingerprint density at radius 3 is 3.00 bits per heavy atom. The molecule has 0 aromatic carbocycles. The first-order valence-corrected chi connectivity index (χ1v) is 7.01. The number of fused-ring (bicyclic) bond motifs is 4. The maximum absolute atomic E-state index is 11.5. The first kappa shape index (κ1) is 13.9. The van der Waals surface area contributed by atoms with Gasteiger partial charge in [0, 0.05) is 20.3 Å². The lowest BCUT2D eigenvalue weighted by Crippen LogP contribution is -2.46. The standard InChI is InChI=1S/C14H20O6/c1-4-17-11(15)5-10-14(16)6-8(18-10)12-9(7-14)19-13(2,3)20-12/h5,8-9,12,16H,4,6-7H2,1-3H3/p+1/b10-5-/t8-,9-,12+,14-/m1/s1. The number of aliphatic hydroxyl groups is 3. The van der Waals surface area contributed by atoms with E-state index in [4.69, 9.17) is 14.2 Å². The second kappa shape index (κ2) is 4.44. The summed E-state index contributed by atoms with van der Waals surface area (Å²) in [7, 11) is 0. The molecule has 0 aromatic rings. The number of esters is 1. The molecule has 6 nitrogen and oxygen atoms in total. The molecule has 3 fully saturated rings. The number of rotatable bonds is 2. The summed E-state index contributed by atoms with van der Waals surface area (Å²) in [5.74, 6) is -0.747. The second-order valence-corrected chi connectivity index (χ2v) is 6.08. The molecular formula is C14H21O6+. The lowest BCUT2D eigenvalue weighted by Gasteiger charge is -2.28. The van der Waals surface area contributed by atoms with Crippen LogP contribution in [0.4, 0.5) is 0 Å². The Balaban J connectivity index is 1.81. The number of ether oxygens (including phenoxy) is 4. The first-order valence-electron chi connectivity index (χ1n) is 7.01. The van der Waals surface area contributed by atoms with Crippen LogP contribution in [-0.4, -0.2) is 52.1 Å². The predicted octanol–water partition coefficient (Wildman–Crippen LogP) is 0.389. The molecular weight excluding hydrogens is 264 g/mol. The summed E-state index contributed by atoms with van der Waals surface area (Å²) in [5.41, 5.74) is -1.13. The van der Waals surface area contributed by atoms with Gasteiger partial charge in [-0.15, -0.1) is 0 Å². The van der Waals surface area contributed by atoms with Gasteiger partial charge in [-0.05, 0) is 6.92 Å². The summed E-state index contributed by atoms with van der Waals surface area (Å²) < 4.78 is 21.1.